The van der Waals surface area contributed by atoms with Crippen molar-refractivity contribution in [2.24, 2.45) is 5.41 Å². The summed E-state index contributed by atoms with van der Waals surface area (Å²) in [6.07, 6.45) is 20.6. The summed E-state index contributed by atoms with van der Waals surface area (Å²) in [5.74, 6) is -0.265. The zero-order valence-corrected chi connectivity index (χ0v) is 18.3. The predicted octanol–water partition coefficient (Wildman–Crippen LogP) is 8.00. The largest absolute Gasteiger partial charge is 0.462 e. The predicted molar refractivity (Wildman–Crippen MR) is 114 cm³/mol. The quantitative estimate of drug-likeness (QED) is 0.139. The Kier molecular flexibility index (Phi) is 15.9. The van der Waals surface area contributed by atoms with E-state index in [1.165, 1.54) is 89.9 Å². The number of hydrogen-bond acceptors (Lipinski definition) is 2. The Morgan fingerprint density at radius 3 is 1.54 bits per heavy atom. The van der Waals surface area contributed by atoms with Gasteiger partial charge >= 0.3 is 5.97 Å². The molecule has 0 aliphatic carbocycles. The molecule has 0 bridgehead atoms. The second kappa shape index (κ2) is 16.4. The van der Waals surface area contributed by atoms with Crippen molar-refractivity contribution in [3.63, 3.8) is 0 Å². The van der Waals surface area contributed by atoms with Crippen LogP contribution in [-0.2, 0) is 9.53 Å². The van der Waals surface area contributed by atoms with Crippen molar-refractivity contribution in [3.8, 4) is 0 Å². The zero-order chi connectivity index (χ0) is 19.7. The molecule has 0 heterocycles. The SMILES string of the molecule is C=C(C)C(=O)OCC(C)(C)CCCCCCCCCCCCCCCC. The van der Waals surface area contributed by atoms with Gasteiger partial charge in [-0.1, -0.05) is 117 Å². The second-order valence-corrected chi connectivity index (χ2v) is 8.87. The lowest BCUT2D eigenvalue weighted by Crippen LogP contribution is -2.22. The Bertz CT molecular complexity index is 357. The van der Waals surface area contributed by atoms with Crippen molar-refractivity contribution in [3.05, 3.63) is 12.2 Å². The van der Waals surface area contributed by atoms with E-state index in [1.54, 1.807) is 6.92 Å². The molecule has 0 saturated heterocycles. The van der Waals surface area contributed by atoms with Crippen molar-refractivity contribution in [1.82, 2.24) is 0 Å². The van der Waals surface area contributed by atoms with Gasteiger partial charge in [0.05, 0.1) is 6.61 Å². The summed E-state index contributed by atoms with van der Waals surface area (Å²) >= 11 is 0. The van der Waals surface area contributed by atoms with E-state index in [0.29, 0.717) is 12.2 Å². The minimum absolute atomic E-state index is 0.0717. The smallest absolute Gasteiger partial charge is 0.333 e. The second-order valence-electron chi connectivity index (χ2n) is 8.87. The first-order valence-electron chi connectivity index (χ1n) is 11.2. The average molecular weight is 367 g/mol. The van der Waals surface area contributed by atoms with Crippen LogP contribution in [0, 0.1) is 5.41 Å². The molecule has 0 saturated carbocycles. The fourth-order valence-corrected chi connectivity index (χ4v) is 3.25. The van der Waals surface area contributed by atoms with E-state index in [-0.39, 0.29) is 11.4 Å². The minimum atomic E-state index is -0.265. The number of unbranched alkanes of at least 4 members (excludes halogenated alkanes) is 13. The Labute approximate surface area is 164 Å². The first-order chi connectivity index (χ1) is 12.4. The van der Waals surface area contributed by atoms with Crippen molar-refractivity contribution < 1.29 is 9.53 Å². The molecule has 0 fully saturated rings. The molecular formula is C24H46O2. The first kappa shape index (κ1) is 25.2. The van der Waals surface area contributed by atoms with Gasteiger partial charge in [0.25, 0.3) is 0 Å². The molecule has 0 aliphatic rings. The molecule has 2 nitrogen and oxygen atoms in total. The van der Waals surface area contributed by atoms with E-state index < -0.39 is 0 Å². The lowest BCUT2D eigenvalue weighted by atomic mass is 9.87. The Hall–Kier alpha value is -0.790. The third-order valence-corrected chi connectivity index (χ3v) is 5.15. The van der Waals surface area contributed by atoms with Gasteiger partial charge in [-0.15, -0.1) is 0 Å². The van der Waals surface area contributed by atoms with Crippen LogP contribution in [0.15, 0.2) is 12.2 Å². The number of carbonyl (C=O) groups excluding carboxylic acids is 1. The molecule has 0 N–H and O–H groups in total. The topological polar surface area (TPSA) is 26.3 Å². The van der Waals surface area contributed by atoms with Crippen LogP contribution in [-0.4, -0.2) is 12.6 Å². The molecule has 0 aromatic heterocycles. The number of carbonyl (C=O) groups is 1. The molecule has 0 spiro atoms. The van der Waals surface area contributed by atoms with Crippen LogP contribution < -0.4 is 0 Å². The summed E-state index contributed by atoms with van der Waals surface area (Å²) in [6, 6.07) is 0. The Morgan fingerprint density at radius 1 is 0.769 bits per heavy atom. The van der Waals surface area contributed by atoms with E-state index >= 15 is 0 Å². The van der Waals surface area contributed by atoms with Gasteiger partial charge in [0.15, 0.2) is 0 Å². The number of rotatable bonds is 18. The minimum Gasteiger partial charge on any atom is -0.462 e. The van der Waals surface area contributed by atoms with Gasteiger partial charge in [-0.2, -0.15) is 0 Å². The number of hydrogen-bond donors (Lipinski definition) is 0. The average Bonchev–Trinajstić information content (AvgIpc) is 2.60. The molecule has 0 aromatic carbocycles. The molecular weight excluding hydrogens is 320 g/mol. The highest BCUT2D eigenvalue weighted by Gasteiger charge is 2.20. The van der Waals surface area contributed by atoms with E-state index in [2.05, 4.69) is 27.4 Å². The maximum Gasteiger partial charge on any atom is 0.333 e. The van der Waals surface area contributed by atoms with Crippen molar-refractivity contribution in [2.75, 3.05) is 6.61 Å². The van der Waals surface area contributed by atoms with Gasteiger partial charge in [-0.3, -0.25) is 0 Å². The van der Waals surface area contributed by atoms with Crippen LogP contribution >= 0.6 is 0 Å². The highest BCUT2D eigenvalue weighted by Crippen LogP contribution is 2.25. The van der Waals surface area contributed by atoms with Crippen molar-refractivity contribution in [1.29, 1.82) is 0 Å². The molecule has 0 amide bonds. The molecule has 0 unspecified atom stereocenters. The molecule has 0 radical (unpaired) electrons. The Balaban J connectivity index is 3.37. The van der Waals surface area contributed by atoms with Crippen LogP contribution in [0.1, 0.15) is 124 Å². The van der Waals surface area contributed by atoms with Crippen LogP contribution in [0.3, 0.4) is 0 Å². The molecule has 26 heavy (non-hydrogen) atoms. The lowest BCUT2D eigenvalue weighted by Gasteiger charge is -2.24. The zero-order valence-electron chi connectivity index (χ0n) is 18.3. The maximum atomic E-state index is 11.5. The standard InChI is InChI=1S/C24H46O2/c1-6-7-8-9-10-11-12-13-14-15-16-17-18-19-20-24(4,5)21-26-23(25)22(2)3/h2,6-21H2,1,3-5H3. The number of esters is 1. The highest BCUT2D eigenvalue weighted by atomic mass is 16.5. The highest BCUT2D eigenvalue weighted by molar-refractivity contribution is 5.86. The van der Waals surface area contributed by atoms with Crippen LogP contribution in [0.25, 0.3) is 0 Å². The summed E-state index contributed by atoms with van der Waals surface area (Å²) in [6.45, 7) is 12.5. The molecule has 0 rings (SSSR count). The van der Waals surface area contributed by atoms with Crippen LogP contribution in [0.5, 0.6) is 0 Å². The molecule has 0 atom stereocenters. The fraction of sp³-hybridized carbons (Fsp3) is 0.875. The first-order valence-corrected chi connectivity index (χ1v) is 11.2. The summed E-state index contributed by atoms with van der Waals surface area (Å²) in [7, 11) is 0. The molecule has 154 valence electrons. The third kappa shape index (κ3) is 16.7. The van der Waals surface area contributed by atoms with Crippen LogP contribution in [0.4, 0.5) is 0 Å². The van der Waals surface area contributed by atoms with Gasteiger partial charge in [0.1, 0.15) is 0 Å². The Morgan fingerprint density at radius 2 is 1.15 bits per heavy atom. The third-order valence-electron chi connectivity index (χ3n) is 5.15. The maximum absolute atomic E-state index is 11.5. The summed E-state index contributed by atoms with van der Waals surface area (Å²) in [5.41, 5.74) is 0.555. The van der Waals surface area contributed by atoms with E-state index in [0.717, 1.165) is 6.42 Å². The monoisotopic (exact) mass is 366 g/mol. The van der Waals surface area contributed by atoms with Gasteiger partial charge in [0, 0.05) is 5.57 Å². The van der Waals surface area contributed by atoms with Crippen molar-refractivity contribution in [2.45, 2.75) is 124 Å². The normalized spacial score (nSPS) is 11.5. The van der Waals surface area contributed by atoms with Crippen LogP contribution in [0.2, 0.25) is 0 Å². The van der Waals surface area contributed by atoms with E-state index in [9.17, 15) is 4.79 Å². The fourth-order valence-electron chi connectivity index (χ4n) is 3.25. The summed E-state index contributed by atoms with van der Waals surface area (Å²) in [4.78, 5) is 11.5. The molecule has 0 aromatic rings. The molecule has 0 aliphatic heterocycles. The van der Waals surface area contributed by atoms with Crippen molar-refractivity contribution >= 4 is 5.97 Å². The molecule has 2 heteroatoms. The van der Waals surface area contributed by atoms with Gasteiger partial charge in [0.2, 0.25) is 0 Å². The van der Waals surface area contributed by atoms with E-state index in [4.69, 9.17) is 4.74 Å². The number of ether oxygens (including phenoxy) is 1. The van der Waals surface area contributed by atoms with Gasteiger partial charge in [-0.05, 0) is 18.8 Å². The van der Waals surface area contributed by atoms with E-state index in [1.807, 2.05) is 0 Å². The van der Waals surface area contributed by atoms with Gasteiger partial charge in [-0.25, -0.2) is 4.79 Å². The van der Waals surface area contributed by atoms with Gasteiger partial charge < -0.3 is 4.74 Å². The summed E-state index contributed by atoms with van der Waals surface area (Å²) < 4.78 is 5.30. The summed E-state index contributed by atoms with van der Waals surface area (Å²) in [5, 5.41) is 0. The lowest BCUT2D eigenvalue weighted by molar-refractivity contribution is -0.142.